The molecule has 0 atom stereocenters. The van der Waals surface area contributed by atoms with Crippen molar-refractivity contribution in [3.63, 3.8) is 0 Å². The van der Waals surface area contributed by atoms with E-state index in [4.69, 9.17) is 0 Å². The lowest BCUT2D eigenvalue weighted by Crippen LogP contribution is -1.78. The van der Waals surface area contributed by atoms with E-state index in [0.717, 1.165) is 11.1 Å². The summed E-state index contributed by atoms with van der Waals surface area (Å²) in [4.78, 5) is 13.9. The van der Waals surface area contributed by atoms with Crippen molar-refractivity contribution in [3.05, 3.63) is 65.2 Å². The predicted octanol–water partition coefficient (Wildman–Crippen LogP) is 3.36. The van der Waals surface area contributed by atoms with Crippen LogP contribution in [0.25, 0.3) is 0 Å². The van der Waals surface area contributed by atoms with Crippen LogP contribution >= 0.6 is 0 Å². The second kappa shape index (κ2) is 5.63. The summed E-state index contributed by atoms with van der Waals surface area (Å²) < 4.78 is 0. The monoisotopic (exact) mass is 233 g/mol. The molecule has 0 amide bonds. The standard InChI is InChI=1S/C16H11NO/c1-13-5-4-6-14(11-13)9-10-15-7-2-3-8-16(15)17-12-18/h2-8,11H,1H3. The highest BCUT2D eigenvalue weighted by molar-refractivity contribution is 5.60. The fraction of sp³-hybridized carbons (Fsp3) is 0.0625. The van der Waals surface area contributed by atoms with Gasteiger partial charge in [-0.2, -0.15) is 4.99 Å². The first-order chi connectivity index (χ1) is 8.79. The molecule has 0 aliphatic carbocycles. The minimum Gasteiger partial charge on any atom is -0.211 e. The summed E-state index contributed by atoms with van der Waals surface area (Å²) in [5, 5.41) is 0. The maximum absolute atomic E-state index is 10.3. The van der Waals surface area contributed by atoms with Gasteiger partial charge in [0.05, 0.1) is 11.3 Å². The van der Waals surface area contributed by atoms with Crippen LogP contribution in [0.15, 0.2) is 53.5 Å². The number of isocyanates is 1. The van der Waals surface area contributed by atoms with Gasteiger partial charge >= 0.3 is 0 Å². The summed E-state index contributed by atoms with van der Waals surface area (Å²) in [7, 11) is 0. The normalized spacial score (nSPS) is 8.94. The molecule has 0 heterocycles. The molecule has 0 saturated carbocycles. The maximum atomic E-state index is 10.3. The van der Waals surface area contributed by atoms with E-state index in [0.29, 0.717) is 5.69 Å². The maximum Gasteiger partial charge on any atom is 0.240 e. The third kappa shape index (κ3) is 2.95. The van der Waals surface area contributed by atoms with E-state index in [1.165, 1.54) is 11.6 Å². The van der Waals surface area contributed by atoms with Crippen LogP contribution in [0.2, 0.25) is 0 Å². The zero-order valence-electron chi connectivity index (χ0n) is 9.97. The number of hydrogen-bond acceptors (Lipinski definition) is 2. The Morgan fingerprint density at radius 2 is 1.83 bits per heavy atom. The van der Waals surface area contributed by atoms with Crippen molar-refractivity contribution in [1.29, 1.82) is 0 Å². The average molecular weight is 233 g/mol. The van der Waals surface area contributed by atoms with Gasteiger partial charge in [-0.1, -0.05) is 36.1 Å². The van der Waals surface area contributed by atoms with E-state index >= 15 is 0 Å². The summed E-state index contributed by atoms with van der Waals surface area (Å²) >= 11 is 0. The van der Waals surface area contributed by atoms with Crippen LogP contribution in [0.3, 0.4) is 0 Å². The van der Waals surface area contributed by atoms with Crippen molar-refractivity contribution >= 4 is 11.8 Å². The summed E-state index contributed by atoms with van der Waals surface area (Å²) in [6, 6.07) is 15.2. The van der Waals surface area contributed by atoms with Gasteiger partial charge in [-0.3, -0.25) is 0 Å². The van der Waals surface area contributed by atoms with Gasteiger partial charge in [0.2, 0.25) is 6.08 Å². The summed E-state index contributed by atoms with van der Waals surface area (Å²) in [5.41, 5.74) is 3.39. The SMILES string of the molecule is Cc1cccc(C#Cc2ccccc2N=C=O)c1. The Morgan fingerprint density at radius 3 is 2.61 bits per heavy atom. The largest absolute Gasteiger partial charge is 0.240 e. The second-order valence-corrected chi connectivity index (χ2v) is 3.84. The van der Waals surface area contributed by atoms with Gasteiger partial charge in [0.25, 0.3) is 0 Å². The zero-order chi connectivity index (χ0) is 12.8. The Labute approximate surface area is 106 Å². The highest BCUT2D eigenvalue weighted by Crippen LogP contribution is 2.16. The molecule has 0 N–H and O–H groups in total. The molecule has 0 bridgehead atoms. The van der Waals surface area contributed by atoms with Gasteiger partial charge in [0.1, 0.15) is 0 Å². The lowest BCUT2D eigenvalue weighted by Gasteiger charge is -1.95. The molecule has 0 aliphatic heterocycles. The van der Waals surface area contributed by atoms with Crippen LogP contribution in [0, 0.1) is 18.8 Å². The van der Waals surface area contributed by atoms with Crippen molar-refractivity contribution in [1.82, 2.24) is 0 Å². The van der Waals surface area contributed by atoms with Crippen molar-refractivity contribution in [3.8, 4) is 11.8 Å². The topological polar surface area (TPSA) is 29.4 Å². The average Bonchev–Trinajstić information content (AvgIpc) is 2.38. The number of aryl methyl sites for hydroxylation is 1. The van der Waals surface area contributed by atoms with Gasteiger partial charge in [0, 0.05) is 5.56 Å². The molecule has 0 radical (unpaired) electrons. The zero-order valence-corrected chi connectivity index (χ0v) is 9.97. The van der Waals surface area contributed by atoms with E-state index in [1.54, 1.807) is 6.07 Å². The van der Waals surface area contributed by atoms with Crippen molar-refractivity contribution in [2.45, 2.75) is 6.92 Å². The second-order valence-electron chi connectivity index (χ2n) is 3.84. The number of hydrogen-bond donors (Lipinski definition) is 0. The molecule has 0 unspecified atom stereocenters. The predicted molar refractivity (Wildman–Crippen MR) is 71.4 cm³/mol. The van der Waals surface area contributed by atoms with Gasteiger partial charge in [-0.05, 0) is 36.8 Å². The van der Waals surface area contributed by atoms with Crippen LogP contribution < -0.4 is 0 Å². The third-order valence-corrected chi connectivity index (χ3v) is 2.43. The quantitative estimate of drug-likeness (QED) is 0.422. The van der Waals surface area contributed by atoms with Gasteiger partial charge in [-0.15, -0.1) is 0 Å². The molecule has 0 aromatic heterocycles. The van der Waals surface area contributed by atoms with Crippen LogP contribution in [0.4, 0.5) is 5.69 Å². The molecular weight excluding hydrogens is 222 g/mol. The number of nitrogens with zero attached hydrogens (tertiary/aromatic N) is 1. The lowest BCUT2D eigenvalue weighted by atomic mass is 10.1. The minimum atomic E-state index is 0.549. The van der Waals surface area contributed by atoms with E-state index in [2.05, 4.69) is 16.8 Å². The number of aliphatic imine (C=N–C) groups is 1. The van der Waals surface area contributed by atoms with Crippen LogP contribution in [0.5, 0.6) is 0 Å². The molecule has 18 heavy (non-hydrogen) atoms. The molecule has 2 nitrogen and oxygen atoms in total. The third-order valence-electron chi connectivity index (χ3n) is 2.43. The van der Waals surface area contributed by atoms with E-state index < -0.39 is 0 Å². The highest BCUT2D eigenvalue weighted by atomic mass is 16.1. The highest BCUT2D eigenvalue weighted by Gasteiger charge is 1.95. The van der Waals surface area contributed by atoms with E-state index in [-0.39, 0.29) is 0 Å². The Kier molecular flexibility index (Phi) is 3.71. The number of para-hydroxylation sites is 1. The minimum absolute atomic E-state index is 0.549. The Bertz CT molecular complexity index is 671. The molecule has 0 fully saturated rings. The first kappa shape index (κ1) is 11.9. The number of carbonyl (C=O) groups excluding carboxylic acids is 1. The molecule has 0 spiro atoms. The molecule has 2 aromatic carbocycles. The van der Waals surface area contributed by atoms with E-state index in [9.17, 15) is 4.79 Å². The Balaban J connectivity index is 2.38. The fourth-order valence-electron chi connectivity index (χ4n) is 1.59. The fourth-order valence-corrected chi connectivity index (χ4v) is 1.59. The van der Waals surface area contributed by atoms with Crippen molar-refractivity contribution in [2.24, 2.45) is 4.99 Å². The molecule has 2 heteroatoms. The number of benzene rings is 2. The molecule has 2 aromatic rings. The van der Waals surface area contributed by atoms with Crippen LogP contribution in [0.1, 0.15) is 16.7 Å². The summed E-state index contributed by atoms with van der Waals surface area (Å²) in [6.07, 6.45) is 1.54. The lowest BCUT2D eigenvalue weighted by molar-refractivity contribution is 0.565. The van der Waals surface area contributed by atoms with E-state index in [1.807, 2.05) is 49.4 Å². The molecule has 86 valence electrons. The molecule has 0 saturated heterocycles. The van der Waals surface area contributed by atoms with Crippen LogP contribution in [-0.2, 0) is 4.79 Å². The molecule has 0 aliphatic rings. The Hall–Kier alpha value is -2.62. The van der Waals surface area contributed by atoms with Crippen molar-refractivity contribution in [2.75, 3.05) is 0 Å². The first-order valence-electron chi connectivity index (χ1n) is 5.55. The van der Waals surface area contributed by atoms with Crippen molar-refractivity contribution < 1.29 is 4.79 Å². The van der Waals surface area contributed by atoms with Gasteiger partial charge in [0.15, 0.2) is 0 Å². The van der Waals surface area contributed by atoms with Gasteiger partial charge < -0.3 is 0 Å². The first-order valence-corrected chi connectivity index (χ1v) is 5.55. The van der Waals surface area contributed by atoms with Gasteiger partial charge in [-0.25, -0.2) is 4.79 Å². The number of rotatable bonds is 1. The summed E-state index contributed by atoms with van der Waals surface area (Å²) in [6.45, 7) is 2.02. The molecule has 2 rings (SSSR count). The Morgan fingerprint density at radius 1 is 1.00 bits per heavy atom. The molecular formula is C16H11NO. The summed E-state index contributed by atoms with van der Waals surface area (Å²) in [5.74, 6) is 6.08. The smallest absolute Gasteiger partial charge is 0.211 e. The van der Waals surface area contributed by atoms with Crippen LogP contribution in [-0.4, -0.2) is 6.08 Å².